The summed E-state index contributed by atoms with van der Waals surface area (Å²) in [5, 5.41) is 0.490. The van der Waals surface area contributed by atoms with Crippen molar-refractivity contribution in [1.82, 2.24) is 4.98 Å². The van der Waals surface area contributed by atoms with E-state index in [0.29, 0.717) is 22.3 Å². The van der Waals surface area contributed by atoms with Crippen molar-refractivity contribution < 1.29 is 18.7 Å². The first-order chi connectivity index (χ1) is 8.83. The number of hydrogen-bond acceptors (Lipinski definition) is 6. The van der Waals surface area contributed by atoms with Gasteiger partial charge in [0.25, 0.3) is 5.22 Å². The number of ketones is 1. The first-order valence-corrected chi connectivity index (χ1v) is 6.26. The first-order valence-electron chi connectivity index (χ1n) is 5.28. The molecule has 0 unspecified atom stereocenters. The predicted octanol–water partition coefficient (Wildman–Crippen LogP) is 2.38. The highest BCUT2D eigenvalue weighted by atomic mass is 32.2. The Labute approximate surface area is 107 Å². The SMILES string of the molecule is O=C(CSc1ncco1)c1ccc2c(c1)OCO2. The van der Waals surface area contributed by atoms with Crippen LogP contribution in [0.4, 0.5) is 0 Å². The molecule has 0 saturated carbocycles. The van der Waals surface area contributed by atoms with E-state index in [1.54, 1.807) is 24.4 Å². The second-order valence-corrected chi connectivity index (χ2v) is 4.50. The molecule has 0 atom stereocenters. The van der Waals surface area contributed by atoms with Gasteiger partial charge in [-0.25, -0.2) is 4.98 Å². The Kier molecular flexibility index (Phi) is 2.93. The lowest BCUT2D eigenvalue weighted by molar-refractivity contribution is 0.102. The molecule has 0 fully saturated rings. The molecule has 0 bridgehead atoms. The maximum atomic E-state index is 12.0. The minimum absolute atomic E-state index is 0.00324. The van der Waals surface area contributed by atoms with Gasteiger partial charge in [0.1, 0.15) is 6.26 Å². The quantitative estimate of drug-likeness (QED) is 0.623. The number of carbonyl (C=O) groups excluding carboxylic acids is 1. The summed E-state index contributed by atoms with van der Waals surface area (Å²) in [5.74, 6) is 1.56. The number of Topliss-reactive ketones (excluding diaryl/α,β-unsaturated/α-hetero) is 1. The zero-order valence-corrected chi connectivity index (χ0v) is 10.1. The van der Waals surface area contributed by atoms with E-state index in [0.717, 1.165) is 0 Å². The number of aromatic nitrogens is 1. The molecular weight excluding hydrogens is 254 g/mol. The lowest BCUT2D eigenvalue weighted by atomic mass is 10.1. The van der Waals surface area contributed by atoms with Crippen LogP contribution in [0, 0.1) is 0 Å². The summed E-state index contributed by atoms with van der Waals surface area (Å²) in [6.07, 6.45) is 3.03. The molecule has 1 aliphatic heterocycles. The Hall–Kier alpha value is -1.95. The Morgan fingerprint density at radius 3 is 3.06 bits per heavy atom. The minimum atomic E-state index is -0.00324. The second kappa shape index (κ2) is 4.73. The van der Waals surface area contributed by atoms with Crippen LogP contribution in [0.25, 0.3) is 0 Å². The third-order valence-electron chi connectivity index (χ3n) is 2.43. The average Bonchev–Trinajstić information content (AvgIpc) is 3.05. The molecule has 0 N–H and O–H groups in total. The van der Waals surface area contributed by atoms with Crippen molar-refractivity contribution in [2.45, 2.75) is 5.22 Å². The fourth-order valence-corrected chi connectivity index (χ4v) is 2.24. The number of rotatable bonds is 4. The number of benzene rings is 1. The molecule has 18 heavy (non-hydrogen) atoms. The Morgan fingerprint density at radius 2 is 2.22 bits per heavy atom. The van der Waals surface area contributed by atoms with Gasteiger partial charge in [0.2, 0.25) is 6.79 Å². The summed E-state index contributed by atoms with van der Waals surface area (Å²) in [6, 6.07) is 5.16. The monoisotopic (exact) mass is 263 g/mol. The van der Waals surface area contributed by atoms with E-state index in [-0.39, 0.29) is 18.3 Å². The second-order valence-electron chi connectivity index (χ2n) is 3.58. The molecule has 5 nitrogen and oxygen atoms in total. The molecule has 1 aromatic carbocycles. The highest BCUT2D eigenvalue weighted by Crippen LogP contribution is 2.32. The Morgan fingerprint density at radius 1 is 1.33 bits per heavy atom. The van der Waals surface area contributed by atoms with Crippen molar-refractivity contribution >= 4 is 17.5 Å². The van der Waals surface area contributed by atoms with Gasteiger partial charge in [-0.2, -0.15) is 0 Å². The molecule has 0 spiro atoms. The highest BCUT2D eigenvalue weighted by molar-refractivity contribution is 7.99. The van der Waals surface area contributed by atoms with Crippen LogP contribution in [0.1, 0.15) is 10.4 Å². The number of thioether (sulfide) groups is 1. The van der Waals surface area contributed by atoms with Gasteiger partial charge in [0.05, 0.1) is 11.9 Å². The van der Waals surface area contributed by atoms with Gasteiger partial charge in [0.15, 0.2) is 17.3 Å². The lowest BCUT2D eigenvalue weighted by Crippen LogP contribution is -2.02. The standard InChI is InChI=1S/C12H9NO4S/c14-9(6-18-12-13-3-4-15-12)8-1-2-10-11(5-8)17-7-16-10/h1-5H,6-7H2. The van der Waals surface area contributed by atoms with Gasteiger partial charge in [-0.1, -0.05) is 11.8 Å². The fourth-order valence-electron chi connectivity index (χ4n) is 1.56. The van der Waals surface area contributed by atoms with Gasteiger partial charge in [-0.15, -0.1) is 0 Å². The van der Waals surface area contributed by atoms with Gasteiger partial charge in [-0.05, 0) is 18.2 Å². The third-order valence-corrected chi connectivity index (χ3v) is 3.29. The molecule has 0 amide bonds. The first kappa shape index (κ1) is 11.2. The van der Waals surface area contributed by atoms with Gasteiger partial charge >= 0.3 is 0 Å². The molecule has 1 aliphatic rings. The van der Waals surface area contributed by atoms with Crippen LogP contribution in [0.5, 0.6) is 11.5 Å². The van der Waals surface area contributed by atoms with Crippen molar-refractivity contribution in [2.75, 3.05) is 12.5 Å². The molecule has 2 aromatic rings. The summed E-state index contributed by atoms with van der Waals surface area (Å²) < 4.78 is 15.5. The van der Waals surface area contributed by atoms with Crippen LogP contribution in [-0.2, 0) is 0 Å². The third kappa shape index (κ3) is 2.19. The molecule has 3 rings (SSSR count). The van der Waals surface area contributed by atoms with E-state index in [1.807, 2.05) is 0 Å². The van der Waals surface area contributed by atoms with E-state index in [2.05, 4.69) is 4.98 Å². The van der Waals surface area contributed by atoms with E-state index < -0.39 is 0 Å². The van der Waals surface area contributed by atoms with E-state index >= 15 is 0 Å². The Bertz CT molecular complexity index is 567. The Balaban J connectivity index is 1.69. The number of nitrogens with zero attached hydrogens (tertiary/aromatic N) is 1. The molecule has 92 valence electrons. The van der Waals surface area contributed by atoms with Gasteiger partial charge in [0, 0.05) is 5.56 Å². The molecule has 0 saturated heterocycles. The van der Waals surface area contributed by atoms with Gasteiger partial charge in [-0.3, -0.25) is 4.79 Å². The molecule has 6 heteroatoms. The maximum Gasteiger partial charge on any atom is 0.255 e. The predicted molar refractivity (Wildman–Crippen MR) is 64.1 cm³/mol. The summed E-state index contributed by atoms with van der Waals surface area (Å²) in [4.78, 5) is 15.9. The van der Waals surface area contributed by atoms with Crippen LogP contribution < -0.4 is 9.47 Å². The molecule has 1 aromatic heterocycles. The summed E-state index contributed by atoms with van der Waals surface area (Å²) in [7, 11) is 0. The van der Waals surface area contributed by atoms with Crippen molar-refractivity contribution in [1.29, 1.82) is 0 Å². The zero-order chi connectivity index (χ0) is 12.4. The number of carbonyl (C=O) groups is 1. The smallest absolute Gasteiger partial charge is 0.255 e. The van der Waals surface area contributed by atoms with E-state index in [9.17, 15) is 4.79 Å². The largest absolute Gasteiger partial charge is 0.454 e. The van der Waals surface area contributed by atoms with Crippen molar-refractivity contribution in [3.05, 3.63) is 36.2 Å². The average molecular weight is 263 g/mol. The number of ether oxygens (including phenoxy) is 2. The zero-order valence-electron chi connectivity index (χ0n) is 9.29. The van der Waals surface area contributed by atoms with Crippen molar-refractivity contribution in [3.8, 4) is 11.5 Å². The number of fused-ring (bicyclic) bond motifs is 1. The van der Waals surface area contributed by atoms with Gasteiger partial charge < -0.3 is 13.9 Å². The molecule has 0 aliphatic carbocycles. The summed E-state index contributed by atoms with van der Waals surface area (Å²) >= 11 is 1.26. The van der Waals surface area contributed by atoms with Crippen LogP contribution in [-0.4, -0.2) is 23.3 Å². The topological polar surface area (TPSA) is 61.6 Å². The molecule has 0 radical (unpaired) electrons. The fraction of sp³-hybridized carbons (Fsp3) is 0.167. The number of hydrogen-bond donors (Lipinski definition) is 0. The van der Waals surface area contributed by atoms with E-state index in [1.165, 1.54) is 18.0 Å². The maximum absolute atomic E-state index is 12.0. The molecule has 2 heterocycles. The van der Waals surface area contributed by atoms with Crippen LogP contribution in [0.15, 0.2) is 40.3 Å². The molecular formula is C12H9NO4S. The van der Waals surface area contributed by atoms with Crippen LogP contribution in [0.3, 0.4) is 0 Å². The van der Waals surface area contributed by atoms with Crippen molar-refractivity contribution in [2.24, 2.45) is 0 Å². The summed E-state index contributed by atoms with van der Waals surface area (Å²) in [6.45, 7) is 0.206. The normalized spacial score (nSPS) is 12.7. The van der Waals surface area contributed by atoms with E-state index in [4.69, 9.17) is 13.9 Å². The summed E-state index contributed by atoms with van der Waals surface area (Å²) in [5.41, 5.74) is 0.596. The van der Waals surface area contributed by atoms with Crippen molar-refractivity contribution in [3.63, 3.8) is 0 Å². The minimum Gasteiger partial charge on any atom is -0.454 e. The number of oxazole rings is 1. The van der Waals surface area contributed by atoms with Crippen LogP contribution >= 0.6 is 11.8 Å². The lowest BCUT2D eigenvalue weighted by Gasteiger charge is -2.01. The van der Waals surface area contributed by atoms with Crippen LogP contribution in [0.2, 0.25) is 0 Å². The highest BCUT2D eigenvalue weighted by Gasteiger charge is 2.16.